The van der Waals surface area contributed by atoms with Crippen LogP contribution in [0, 0.1) is 6.92 Å². The number of hydrogen-bond donors (Lipinski definition) is 3. The highest BCUT2D eigenvalue weighted by atomic mass is 32.1. The maximum Gasteiger partial charge on any atom is 0.257 e. The van der Waals surface area contributed by atoms with E-state index in [0.717, 1.165) is 17.2 Å². The van der Waals surface area contributed by atoms with Crippen molar-refractivity contribution in [3.05, 3.63) is 29.3 Å². The van der Waals surface area contributed by atoms with Crippen molar-refractivity contribution in [1.82, 2.24) is 19.7 Å². The number of aryl methyl sites for hydroxylation is 1. The number of nitrogens with one attached hydrogen (secondary N) is 2. The summed E-state index contributed by atoms with van der Waals surface area (Å²) in [6.45, 7) is 2.30. The van der Waals surface area contributed by atoms with Crippen molar-refractivity contribution >= 4 is 28.3 Å². The minimum atomic E-state index is -0.257. The first-order valence-corrected chi connectivity index (χ1v) is 6.38. The molecule has 2 rings (SSSR count). The molecule has 8 heteroatoms. The summed E-state index contributed by atoms with van der Waals surface area (Å²) in [5.41, 5.74) is 6.89. The van der Waals surface area contributed by atoms with Crippen molar-refractivity contribution in [2.75, 3.05) is 18.1 Å². The molecule has 0 radical (unpaired) electrons. The Hall–Kier alpha value is -2.22. The van der Waals surface area contributed by atoms with Crippen molar-refractivity contribution in [3.63, 3.8) is 0 Å². The number of carbonyl (C=O) groups excluding carboxylic acids is 1. The van der Waals surface area contributed by atoms with E-state index in [2.05, 4.69) is 25.0 Å². The average Bonchev–Trinajstić information content (AvgIpc) is 2.77. The standard InChI is InChI=1S/C11H14N6OS/c1-6-14-4-3-7(16-6)5-15-11-8(10(18)13-2)9(12)17-19-11/h3-4,15H,5H2,1-2H3,(H2,12,17)(H,13,18). The first kappa shape index (κ1) is 13.2. The minimum Gasteiger partial charge on any atom is -0.382 e. The number of amides is 1. The third-order valence-electron chi connectivity index (χ3n) is 2.44. The zero-order valence-corrected chi connectivity index (χ0v) is 11.4. The third-order valence-corrected chi connectivity index (χ3v) is 3.26. The summed E-state index contributed by atoms with van der Waals surface area (Å²) < 4.78 is 3.98. The van der Waals surface area contributed by atoms with Gasteiger partial charge in [0, 0.05) is 13.2 Å². The van der Waals surface area contributed by atoms with E-state index in [1.165, 1.54) is 0 Å². The molecular formula is C11H14N6OS. The number of nitrogens with two attached hydrogens (primary N) is 1. The Morgan fingerprint density at radius 2 is 2.32 bits per heavy atom. The van der Waals surface area contributed by atoms with Gasteiger partial charge in [0.2, 0.25) is 0 Å². The monoisotopic (exact) mass is 278 g/mol. The van der Waals surface area contributed by atoms with E-state index in [0.29, 0.717) is 22.9 Å². The van der Waals surface area contributed by atoms with Crippen LogP contribution in [0.1, 0.15) is 21.9 Å². The van der Waals surface area contributed by atoms with Crippen molar-refractivity contribution in [1.29, 1.82) is 0 Å². The second kappa shape index (κ2) is 5.61. The van der Waals surface area contributed by atoms with Gasteiger partial charge < -0.3 is 16.4 Å². The zero-order valence-electron chi connectivity index (χ0n) is 10.6. The van der Waals surface area contributed by atoms with E-state index in [4.69, 9.17) is 5.73 Å². The minimum absolute atomic E-state index is 0.228. The van der Waals surface area contributed by atoms with Gasteiger partial charge in [-0.25, -0.2) is 9.97 Å². The van der Waals surface area contributed by atoms with Crippen LogP contribution in [0.15, 0.2) is 12.3 Å². The van der Waals surface area contributed by atoms with Gasteiger partial charge in [-0.15, -0.1) is 0 Å². The summed E-state index contributed by atoms with van der Waals surface area (Å²) in [5, 5.41) is 6.29. The van der Waals surface area contributed by atoms with Gasteiger partial charge in [-0.1, -0.05) is 0 Å². The van der Waals surface area contributed by atoms with Crippen LogP contribution in [0.2, 0.25) is 0 Å². The Morgan fingerprint density at radius 3 is 3.00 bits per heavy atom. The summed E-state index contributed by atoms with van der Waals surface area (Å²) in [4.78, 5) is 20.0. The summed E-state index contributed by atoms with van der Waals surface area (Å²) in [7, 11) is 1.55. The lowest BCUT2D eigenvalue weighted by molar-refractivity contribution is 0.0965. The Bertz CT molecular complexity index is 597. The van der Waals surface area contributed by atoms with Crippen molar-refractivity contribution in [3.8, 4) is 0 Å². The molecule has 100 valence electrons. The van der Waals surface area contributed by atoms with Crippen LogP contribution in [-0.4, -0.2) is 27.3 Å². The van der Waals surface area contributed by atoms with Crippen molar-refractivity contribution in [2.45, 2.75) is 13.5 Å². The molecule has 1 amide bonds. The molecule has 2 heterocycles. The fourth-order valence-corrected chi connectivity index (χ4v) is 2.25. The van der Waals surface area contributed by atoms with E-state index >= 15 is 0 Å². The topological polar surface area (TPSA) is 106 Å². The fourth-order valence-electron chi connectivity index (χ4n) is 1.54. The normalized spacial score (nSPS) is 10.2. The molecule has 19 heavy (non-hydrogen) atoms. The van der Waals surface area contributed by atoms with Crippen LogP contribution in [0.25, 0.3) is 0 Å². The fraction of sp³-hybridized carbons (Fsp3) is 0.273. The highest BCUT2D eigenvalue weighted by Crippen LogP contribution is 2.26. The number of nitrogen functional groups attached to an aromatic ring is 1. The SMILES string of the molecule is CNC(=O)c1c(N)nsc1NCc1ccnc(C)n1. The number of hydrogen-bond acceptors (Lipinski definition) is 7. The Morgan fingerprint density at radius 1 is 1.53 bits per heavy atom. The predicted octanol–water partition coefficient (Wildman–Crippen LogP) is 0.795. The van der Waals surface area contributed by atoms with Crippen LogP contribution in [0.3, 0.4) is 0 Å². The molecule has 0 unspecified atom stereocenters. The summed E-state index contributed by atoms with van der Waals surface area (Å²) >= 11 is 1.15. The molecule has 0 atom stereocenters. The van der Waals surface area contributed by atoms with Crippen LogP contribution in [0.4, 0.5) is 10.8 Å². The summed E-state index contributed by atoms with van der Waals surface area (Å²) in [6, 6.07) is 1.81. The Labute approximate surface area is 114 Å². The summed E-state index contributed by atoms with van der Waals surface area (Å²) in [6.07, 6.45) is 1.69. The van der Waals surface area contributed by atoms with Gasteiger partial charge in [-0.3, -0.25) is 4.79 Å². The number of nitrogens with zero attached hydrogens (tertiary/aromatic N) is 3. The second-order valence-corrected chi connectivity index (χ2v) is 4.57. The van der Waals surface area contributed by atoms with Gasteiger partial charge in [0.1, 0.15) is 16.4 Å². The molecule has 0 bridgehead atoms. The van der Waals surface area contributed by atoms with Crippen LogP contribution in [0.5, 0.6) is 0 Å². The van der Waals surface area contributed by atoms with E-state index in [1.54, 1.807) is 13.2 Å². The average molecular weight is 278 g/mol. The number of carbonyl (C=O) groups is 1. The molecule has 0 spiro atoms. The van der Waals surface area contributed by atoms with Gasteiger partial charge in [0.15, 0.2) is 5.82 Å². The predicted molar refractivity (Wildman–Crippen MR) is 74.0 cm³/mol. The van der Waals surface area contributed by atoms with E-state index in [1.807, 2.05) is 13.0 Å². The number of anilines is 2. The van der Waals surface area contributed by atoms with Gasteiger partial charge in [0.25, 0.3) is 5.91 Å². The highest BCUT2D eigenvalue weighted by Gasteiger charge is 2.17. The van der Waals surface area contributed by atoms with Gasteiger partial charge in [-0.05, 0) is 24.5 Å². The molecule has 2 aromatic rings. The number of aromatic nitrogens is 3. The largest absolute Gasteiger partial charge is 0.382 e. The molecule has 0 fully saturated rings. The van der Waals surface area contributed by atoms with Crippen LogP contribution < -0.4 is 16.4 Å². The first-order valence-electron chi connectivity index (χ1n) is 5.61. The molecule has 7 nitrogen and oxygen atoms in total. The number of rotatable bonds is 4. The first-order chi connectivity index (χ1) is 9.11. The lowest BCUT2D eigenvalue weighted by atomic mass is 10.3. The van der Waals surface area contributed by atoms with E-state index in [9.17, 15) is 4.79 Å². The lowest BCUT2D eigenvalue weighted by Crippen LogP contribution is -2.20. The molecule has 0 aliphatic carbocycles. The van der Waals surface area contributed by atoms with Crippen LogP contribution >= 0.6 is 11.5 Å². The molecule has 2 aromatic heterocycles. The molecule has 0 saturated heterocycles. The Balaban J connectivity index is 2.14. The molecule has 0 aliphatic rings. The Kier molecular flexibility index (Phi) is 3.91. The molecule has 4 N–H and O–H groups in total. The maximum absolute atomic E-state index is 11.7. The van der Waals surface area contributed by atoms with E-state index in [-0.39, 0.29) is 11.7 Å². The summed E-state index contributed by atoms with van der Waals surface area (Å²) in [5.74, 6) is 0.674. The van der Waals surface area contributed by atoms with Crippen molar-refractivity contribution < 1.29 is 4.79 Å². The van der Waals surface area contributed by atoms with E-state index < -0.39 is 0 Å². The van der Waals surface area contributed by atoms with Gasteiger partial charge >= 0.3 is 0 Å². The van der Waals surface area contributed by atoms with Gasteiger partial charge in [0.05, 0.1) is 12.2 Å². The molecule has 0 aliphatic heterocycles. The molecule has 0 saturated carbocycles. The van der Waals surface area contributed by atoms with Crippen molar-refractivity contribution in [2.24, 2.45) is 0 Å². The smallest absolute Gasteiger partial charge is 0.257 e. The lowest BCUT2D eigenvalue weighted by Gasteiger charge is -2.06. The quantitative estimate of drug-likeness (QED) is 0.763. The van der Waals surface area contributed by atoms with Gasteiger partial charge in [-0.2, -0.15) is 4.37 Å². The highest BCUT2D eigenvalue weighted by molar-refractivity contribution is 7.11. The zero-order chi connectivity index (χ0) is 13.8. The van der Waals surface area contributed by atoms with Crippen LogP contribution in [-0.2, 0) is 6.54 Å². The third kappa shape index (κ3) is 2.97. The second-order valence-electron chi connectivity index (χ2n) is 3.80. The maximum atomic E-state index is 11.7. The molecular weight excluding hydrogens is 264 g/mol. The molecule has 0 aromatic carbocycles.